The summed E-state index contributed by atoms with van der Waals surface area (Å²) in [5.74, 6) is -21.8. The highest BCUT2D eigenvalue weighted by Gasteiger charge is 2.70. The van der Waals surface area contributed by atoms with Gasteiger partial charge in [0, 0.05) is 11.8 Å². The topological polar surface area (TPSA) is 82.1 Å². The van der Waals surface area contributed by atoms with Crippen LogP contribution in [0.4, 0.5) is 26.3 Å². The fourth-order valence-corrected chi connectivity index (χ4v) is 5.46. The van der Waals surface area contributed by atoms with Crippen molar-refractivity contribution in [2.75, 3.05) is 13.2 Å². The number of alkyl halides is 6. The zero-order chi connectivity index (χ0) is 21.5. The summed E-state index contributed by atoms with van der Waals surface area (Å²) < 4.78 is 97.4. The summed E-state index contributed by atoms with van der Waals surface area (Å²) in [6, 6.07) is 0. The highest BCUT2D eigenvalue weighted by atomic mass is 19.3. The fourth-order valence-electron chi connectivity index (χ4n) is 5.46. The van der Waals surface area contributed by atoms with Gasteiger partial charge >= 0.3 is 29.7 Å². The Morgan fingerprint density at radius 3 is 1.86 bits per heavy atom. The zero-order valence-electron chi connectivity index (χ0n) is 14.9. The number of carboxylic acids is 1. The van der Waals surface area contributed by atoms with Gasteiger partial charge in [0.2, 0.25) is 0 Å². The number of esters is 1. The van der Waals surface area contributed by atoms with Crippen molar-refractivity contribution in [2.24, 2.45) is 17.8 Å². The monoisotopic (exact) mass is 432 g/mol. The lowest BCUT2D eigenvalue weighted by molar-refractivity contribution is -0.355. The molecule has 4 aliphatic carbocycles. The summed E-state index contributed by atoms with van der Waals surface area (Å²) in [4.78, 5) is 22.4. The highest BCUT2D eigenvalue weighted by molar-refractivity contribution is 6.00. The molecule has 2 atom stereocenters. The predicted molar refractivity (Wildman–Crippen MR) is 79.5 cm³/mol. The molecule has 164 valence electrons. The minimum atomic E-state index is -4.74. The SMILES string of the molecule is O=C(O)C(F)(F)C(=O)OC12CC3CC(C1)C1(OCC(F)(F)C(F)(F)CO1)C(C3)C2. The molecule has 12 heteroatoms. The van der Waals surface area contributed by atoms with Crippen molar-refractivity contribution in [3.63, 3.8) is 0 Å². The summed E-state index contributed by atoms with van der Waals surface area (Å²) in [5, 5.41) is 8.52. The fraction of sp³-hybridized carbons (Fsp3) is 0.882. The standard InChI is InChI=1S/C17H18F6O6/c18-14(19)6-27-17(28-7-15(14,20)21)9-1-8-2-10(17)5-13(3-8,4-9)29-12(26)16(22,23)11(24)25/h8-10H,1-7H2,(H,24,25). The Balaban J connectivity index is 1.58. The first kappa shape index (κ1) is 20.7. The molecule has 1 spiro atoms. The van der Waals surface area contributed by atoms with Gasteiger partial charge < -0.3 is 19.3 Å². The van der Waals surface area contributed by atoms with Crippen molar-refractivity contribution >= 4 is 11.9 Å². The number of ether oxygens (including phenoxy) is 3. The number of carbonyl (C=O) groups excluding carboxylic acids is 1. The zero-order valence-corrected chi connectivity index (χ0v) is 14.9. The first-order valence-corrected chi connectivity index (χ1v) is 9.11. The molecule has 1 saturated heterocycles. The van der Waals surface area contributed by atoms with Crippen LogP contribution in [0.3, 0.4) is 0 Å². The van der Waals surface area contributed by atoms with Crippen molar-refractivity contribution in [1.82, 2.24) is 0 Å². The third-order valence-corrected chi connectivity index (χ3v) is 6.60. The second-order valence-electron chi connectivity index (χ2n) is 8.50. The van der Waals surface area contributed by atoms with Crippen molar-refractivity contribution < 1.29 is 55.2 Å². The van der Waals surface area contributed by atoms with E-state index in [1.54, 1.807) is 0 Å². The maximum Gasteiger partial charge on any atom is 0.437 e. The molecular weight excluding hydrogens is 414 g/mol. The van der Waals surface area contributed by atoms with E-state index in [1.165, 1.54) is 0 Å². The van der Waals surface area contributed by atoms with Gasteiger partial charge in [-0.2, -0.15) is 26.3 Å². The number of aliphatic carboxylic acids is 1. The Hall–Kier alpha value is -1.56. The van der Waals surface area contributed by atoms with E-state index in [-0.39, 0.29) is 25.2 Å². The van der Waals surface area contributed by atoms with Gasteiger partial charge in [-0.1, -0.05) is 0 Å². The Morgan fingerprint density at radius 1 is 0.931 bits per heavy atom. The molecule has 0 aromatic carbocycles. The van der Waals surface area contributed by atoms with Gasteiger partial charge in [0.1, 0.15) is 18.8 Å². The van der Waals surface area contributed by atoms with Gasteiger partial charge in [0.25, 0.3) is 0 Å². The van der Waals surface area contributed by atoms with Crippen LogP contribution in [0, 0.1) is 17.8 Å². The maximum absolute atomic E-state index is 13.7. The lowest BCUT2D eigenvalue weighted by Gasteiger charge is -2.63. The quantitative estimate of drug-likeness (QED) is 0.420. The molecule has 1 N–H and O–H groups in total. The van der Waals surface area contributed by atoms with Crippen LogP contribution in [0.2, 0.25) is 0 Å². The van der Waals surface area contributed by atoms with Gasteiger partial charge in [-0.25, -0.2) is 9.59 Å². The van der Waals surface area contributed by atoms with Gasteiger partial charge in [-0.05, 0) is 38.0 Å². The molecule has 4 saturated carbocycles. The van der Waals surface area contributed by atoms with E-state index in [0.717, 1.165) is 0 Å². The Morgan fingerprint density at radius 2 is 1.41 bits per heavy atom. The van der Waals surface area contributed by atoms with Crippen LogP contribution in [0.15, 0.2) is 0 Å². The molecule has 4 bridgehead atoms. The highest BCUT2D eigenvalue weighted by Crippen LogP contribution is 2.63. The lowest BCUT2D eigenvalue weighted by atomic mass is 9.51. The lowest BCUT2D eigenvalue weighted by Crippen LogP contribution is -2.67. The summed E-state index contributed by atoms with van der Waals surface area (Å²) in [5.41, 5.74) is -1.43. The smallest absolute Gasteiger partial charge is 0.437 e. The molecule has 1 heterocycles. The van der Waals surface area contributed by atoms with Crippen LogP contribution in [0.1, 0.15) is 32.1 Å². The molecule has 0 radical (unpaired) electrons. The average molecular weight is 432 g/mol. The van der Waals surface area contributed by atoms with Crippen molar-refractivity contribution in [3.05, 3.63) is 0 Å². The van der Waals surface area contributed by atoms with Crippen molar-refractivity contribution in [3.8, 4) is 0 Å². The van der Waals surface area contributed by atoms with E-state index < -0.39 is 66.1 Å². The number of hydrogen-bond donors (Lipinski definition) is 1. The van der Waals surface area contributed by atoms with Crippen LogP contribution in [0.25, 0.3) is 0 Å². The second-order valence-corrected chi connectivity index (χ2v) is 8.50. The number of halogens is 6. The summed E-state index contributed by atoms with van der Waals surface area (Å²) in [6.45, 7) is -3.11. The van der Waals surface area contributed by atoms with E-state index in [1.807, 2.05) is 0 Å². The first-order valence-electron chi connectivity index (χ1n) is 9.11. The summed E-state index contributed by atoms with van der Waals surface area (Å²) >= 11 is 0. The van der Waals surface area contributed by atoms with E-state index in [9.17, 15) is 35.9 Å². The third kappa shape index (κ3) is 2.93. The maximum atomic E-state index is 13.7. The Bertz CT molecular complexity index is 704. The van der Waals surface area contributed by atoms with Crippen LogP contribution < -0.4 is 0 Å². The first-order chi connectivity index (χ1) is 13.2. The number of carboxylic acid groups (broad SMARTS) is 1. The molecule has 5 fully saturated rings. The number of hydrogen-bond acceptors (Lipinski definition) is 5. The minimum absolute atomic E-state index is 0.126. The molecule has 0 amide bonds. The summed E-state index contributed by atoms with van der Waals surface area (Å²) in [6.07, 6.45) is 0.644. The van der Waals surface area contributed by atoms with Gasteiger partial charge in [0.05, 0.1) is 0 Å². The average Bonchev–Trinajstić information content (AvgIpc) is 2.68. The summed E-state index contributed by atoms with van der Waals surface area (Å²) in [7, 11) is 0. The Kier molecular flexibility index (Phi) is 4.28. The largest absolute Gasteiger partial charge is 0.476 e. The third-order valence-electron chi connectivity index (χ3n) is 6.60. The molecule has 2 unspecified atom stereocenters. The van der Waals surface area contributed by atoms with E-state index >= 15 is 0 Å². The molecule has 0 aromatic heterocycles. The Labute approximate surface area is 160 Å². The molecular formula is C17H18F6O6. The minimum Gasteiger partial charge on any atom is -0.476 e. The number of rotatable bonds is 3. The van der Waals surface area contributed by atoms with E-state index in [0.29, 0.717) is 12.8 Å². The van der Waals surface area contributed by atoms with Crippen LogP contribution in [-0.2, 0) is 23.8 Å². The molecule has 5 rings (SSSR count). The second kappa shape index (κ2) is 5.99. The predicted octanol–water partition coefficient (Wildman–Crippen LogP) is 2.84. The van der Waals surface area contributed by atoms with Gasteiger partial charge in [0.15, 0.2) is 5.79 Å². The molecule has 1 aliphatic heterocycles. The van der Waals surface area contributed by atoms with Crippen LogP contribution in [-0.4, -0.2) is 59.4 Å². The number of carbonyl (C=O) groups is 2. The molecule has 6 nitrogen and oxygen atoms in total. The van der Waals surface area contributed by atoms with Crippen molar-refractivity contribution in [1.29, 1.82) is 0 Å². The normalized spacial score (nSPS) is 39.2. The van der Waals surface area contributed by atoms with Crippen LogP contribution >= 0.6 is 0 Å². The van der Waals surface area contributed by atoms with Gasteiger partial charge in [-0.15, -0.1) is 0 Å². The van der Waals surface area contributed by atoms with Crippen molar-refractivity contribution in [2.45, 2.75) is 61.3 Å². The molecule has 29 heavy (non-hydrogen) atoms. The van der Waals surface area contributed by atoms with E-state index in [2.05, 4.69) is 0 Å². The van der Waals surface area contributed by atoms with E-state index in [4.69, 9.17) is 19.3 Å². The molecule has 0 aromatic rings. The molecule has 5 aliphatic rings. The van der Waals surface area contributed by atoms with Crippen LogP contribution in [0.5, 0.6) is 0 Å². The van der Waals surface area contributed by atoms with Gasteiger partial charge in [-0.3, -0.25) is 0 Å².